The molecule has 2 heterocycles. The number of pyridine rings is 1. The van der Waals surface area contributed by atoms with Crippen molar-refractivity contribution in [2.75, 3.05) is 0 Å². The van der Waals surface area contributed by atoms with Gasteiger partial charge < -0.3 is 10.5 Å². The first-order valence-electron chi connectivity index (χ1n) is 5.96. The molecule has 1 aliphatic heterocycles. The molecular weight excluding hydrogens is 311 g/mol. The van der Waals surface area contributed by atoms with Crippen molar-refractivity contribution in [3.8, 4) is 5.75 Å². The lowest BCUT2D eigenvalue weighted by molar-refractivity contribution is 0.156. The molecule has 19 heavy (non-hydrogen) atoms. The van der Waals surface area contributed by atoms with Gasteiger partial charge in [-0.2, -0.15) is 0 Å². The maximum absolute atomic E-state index is 13.3. The van der Waals surface area contributed by atoms with Crippen LogP contribution in [-0.4, -0.2) is 4.98 Å². The molecule has 0 fully saturated rings. The Morgan fingerprint density at radius 2 is 2.16 bits per heavy atom. The van der Waals surface area contributed by atoms with Crippen molar-refractivity contribution >= 4 is 15.9 Å². The number of halogens is 2. The Balaban J connectivity index is 1.93. The molecule has 0 amide bonds. The fourth-order valence-electron chi connectivity index (χ4n) is 2.23. The Bertz CT molecular complexity index is 603. The molecule has 5 heteroatoms. The average Bonchev–Trinajstić information content (AvgIpc) is 2.38. The first kappa shape index (κ1) is 12.6. The molecule has 3 nitrogen and oxygen atoms in total. The molecule has 1 aromatic heterocycles. The van der Waals surface area contributed by atoms with E-state index < -0.39 is 0 Å². The summed E-state index contributed by atoms with van der Waals surface area (Å²) >= 11 is 3.34. The van der Waals surface area contributed by atoms with Crippen LogP contribution >= 0.6 is 15.9 Å². The van der Waals surface area contributed by atoms with Crippen molar-refractivity contribution in [3.63, 3.8) is 0 Å². The van der Waals surface area contributed by atoms with Crippen LogP contribution in [0.2, 0.25) is 0 Å². The van der Waals surface area contributed by atoms with Gasteiger partial charge in [-0.15, -0.1) is 0 Å². The van der Waals surface area contributed by atoms with E-state index in [9.17, 15) is 4.39 Å². The topological polar surface area (TPSA) is 48.1 Å². The van der Waals surface area contributed by atoms with Gasteiger partial charge >= 0.3 is 0 Å². The molecule has 2 atom stereocenters. The Morgan fingerprint density at radius 1 is 1.32 bits per heavy atom. The van der Waals surface area contributed by atoms with E-state index in [1.165, 1.54) is 12.1 Å². The van der Waals surface area contributed by atoms with E-state index in [1.807, 2.05) is 12.1 Å². The Morgan fingerprint density at radius 3 is 2.89 bits per heavy atom. The van der Waals surface area contributed by atoms with Gasteiger partial charge in [0.25, 0.3) is 0 Å². The minimum absolute atomic E-state index is 0.167. The number of hydrogen-bond acceptors (Lipinski definition) is 3. The highest BCUT2D eigenvalue weighted by Crippen LogP contribution is 2.39. The van der Waals surface area contributed by atoms with E-state index in [-0.39, 0.29) is 18.0 Å². The third kappa shape index (κ3) is 2.48. The summed E-state index contributed by atoms with van der Waals surface area (Å²) in [6, 6.07) is 8.07. The molecular formula is C14H12BrFN2O. The van der Waals surface area contributed by atoms with Crippen LogP contribution in [0.5, 0.6) is 5.75 Å². The first-order chi connectivity index (χ1) is 9.13. The van der Waals surface area contributed by atoms with Crippen molar-refractivity contribution < 1.29 is 9.13 Å². The summed E-state index contributed by atoms with van der Waals surface area (Å²) < 4.78 is 20.0. The van der Waals surface area contributed by atoms with E-state index in [0.717, 1.165) is 15.7 Å². The van der Waals surface area contributed by atoms with Gasteiger partial charge in [0.2, 0.25) is 0 Å². The molecule has 0 bridgehead atoms. The predicted octanol–water partition coefficient (Wildman–Crippen LogP) is 3.51. The van der Waals surface area contributed by atoms with Crippen molar-refractivity contribution in [1.29, 1.82) is 0 Å². The molecule has 98 valence electrons. The SMILES string of the molecule is N[C@H]1CC(c2ccc(Br)cn2)Oc2cc(F)ccc21. The molecule has 2 aromatic rings. The number of benzene rings is 1. The summed E-state index contributed by atoms with van der Waals surface area (Å²) in [5.41, 5.74) is 7.76. The van der Waals surface area contributed by atoms with Crippen molar-refractivity contribution in [3.05, 3.63) is 58.1 Å². The minimum Gasteiger partial charge on any atom is -0.484 e. The fourth-order valence-corrected chi connectivity index (χ4v) is 2.47. The van der Waals surface area contributed by atoms with Crippen molar-refractivity contribution in [2.45, 2.75) is 18.6 Å². The molecule has 1 aromatic carbocycles. The molecule has 2 N–H and O–H groups in total. The zero-order valence-electron chi connectivity index (χ0n) is 10.0. The van der Waals surface area contributed by atoms with Gasteiger partial charge in [-0.05, 0) is 34.1 Å². The van der Waals surface area contributed by atoms with Gasteiger partial charge in [-0.3, -0.25) is 4.98 Å². The summed E-state index contributed by atoms with van der Waals surface area (Å²) in [6.07, 6.45) is 2.11. The molecule has 0 saturated heterocycles. The van der Waals surface area contributed by atoms with E-state index in [0.29, 0.717) is 12.2 Å². The molecule has 1 unspecified atom stereocenters. The number of rotatable bonds is 1. The highest BCUT2D eigenvalue weighted by atomic mass is 79.9. The fraction of sp³-hybridized carbons (Fsp3) is 0.214. The highest BCUT2D eigenvalue weighted by molar-refractivity contribution is 9.10. The summed E-state index contributed by atoms with van der Waals surface area (Å²) in [5.74, 6) is 0.184. The van der Waals surface area contributed by atoms with Crippen molar-refractivity contribution in [1.82, 2.24) is 4.98 Å². The first-order valence-corrected chi connectivity index (χ1v) is 6.76. The third-order valence-corrected chi connectivity index (χ3v) is 3.66. The lowest BCUT2D eigenvalue weighted by Crippen LogP contribution is -2.24. The summed E-state index contributed by atoms with van der Waals surface area (Å²) in [5, 5.41) is 0. The van der Waals surface area contributed by atoms with Gasteiger partial charge in [0.05, 0.1) is 5.69 Å². The number of nitrogens with two attached hydrogens (primary N) is 1. The number of aromatic nitrogens is 1. The van der Waals surface area contributed by atoms with Gasteiger partial charge in [0.15, 0.2) is 0 Å². The van der Waals surface area contributed by atoms with Crippen molar-refractivity contribution in [2.24, 2.45) is 5.73 Å². The lowest BCUT2D eigenvalue weighted by atomic mass is 9.95. The molecule has 0 saturated carbocycles. The minimum atomic E-state index is -0.324. The molecule has 3 rings (SSSR count). The second-order valence-corrected chi connectivity index (χ2v) is 5.45. The average molecular weight is 323 g/mol. The van der Waals surface area contributed by atoms with Crippen LogP contribution in [0.15, 0.2) is 41.0 Å². The summed E-state index contributed by atoms with van der Waals surface area (Å²) in [7, 11) is 0. The monoisotopic (exact) mass is 322 g/mol. The van der Waals surface area contributed by atoms with E-state index >= 15 is 0 Å². The second-order valence-electron chi connectivity index (χ2n) is 4.53. The van der Waals surface area contributed by atoms with Crippen LogP contribution in [0.25, 0.3) is 0 Å². The lowest BCUT2D eigenvalue weighted by Gasteiger charge is -2.29. The maximum atomic E-state index is 13.3. The Kier molecular flexibility index (Phi) is 3.24. The molecule has 0 aliphatic carbocycles. The summed E-state index contributed by atoms with van der Waals surface area (Å²) in [6.45, 7) is 0. The number of nitrogens with zero attached hydrogens (tertiary/aromatic N) is 1. The molecule has 1 aliphatic rings. The maximum Gasteiger partial charge on any atom is 0.142 e. The van der Waals surface area contributed by atoms with Gasteiger partial charge in [0, 0.05) is 34.8 Å². The number of fused-ring (bicyclic) bond motifs is 1. The number of hydrogen-bond donors (Lipinski definition) is 1. The van der Waals surface area contributed by atoms with Gasteiger partial charge in [0.1, 0.15) is 17.7 Å². The smallest absolute Gasteiger partial charge is 0.142 e. The van der Waals surface area contributed by atoms with Crippen LogP contribution in [-0.2, 0) is 0 Å². The van der Waals surface area contributed by atoms with E-state index in [2.05, 4.69) is 20.9 Å². The van der Waals surface area contributed by atoms with Gasteiger partial charge in [-0.1, -0.05) is 6.07 Å². The third-order valence-electron chi connectivity index (χ3n) is 3.19. The highest BCUT2D eigenvalue weighted by Gasteiger charge is 2.28. The normalized spacial score (nSPS) is 21.6. The van der Waals surface area contributed by atoms with E-state index in [1.54, 1.807) is 12.3 Å². The van der Waals surface area contributed by atoms with Crippen LogP contribution in [0.1, 0.15) is 29.8 Å². The van der Waals surface area contributed by atoms with Crippen LogP contribution in [0, 0.1) is 5.82 Å². The van der Waals surface area contributed by atoms with Crippen LogP contribution in [0.4, 0.5) is 4.39 Å². The zero-order valence-corrected chi connectivity index (χ0v) is 11.6. The summed E-state index contributed by atoms with van der Waals surface area (Å²) in [4.78, 5) is 4.31. The zero-order chi connectivity index (χ0) is 13.4. The Hall–Kier alpha value is -1.46. The van der Waals surface area contributed by atoms with Crippen LogP contribution in [0.3, 0.4) is 0 Å². The number of ether oxygens (including phenoxy) is 1. The van der Waals surface area contributed by atoms with Gasteiger partial charge in [-0.25, -0.2) is 4.39 Å². The molecule has 0 radical (unpaired) electrons. The van der Waals surface area contributed by atoms with Crippen LogP contribution < -0.4 is 10.5 Å². The standard InChI is InChI=1S/C14H12BrFN2O/c15-8-1-4-12(18-7-8)14-6-11(17)10-3-2-9(16)5-13(10)19-14/h1-5,7,11,14H,6,17H2/t11-,14?/m0/s1. The second kappa shape index (κ2) is 4.90. The van der Waals surface area contributed by atoms with E-state index in [4.69, 9.17) is 10.5 Å². The largest absolute Gasteiger partial charge is 0.484 e. The predicted molar refractivity (Wildman–Crippen MR) is 73.3 cm³/mol. The molecule has 0 spiro atoms. The Labute approximate surface area is 118 Å². The quantitative estimate of drug-likeness (QED) is 0.874.